The van der Waals surface area contributed by atoms with E-state index in [1.165, 1.54) is 0 Å². The lowest BCUT2D eigenvalue weighted by Crippen LogP contribution is -1.92. The zero-order chi connectivity index (χ0) is 17.5. The quantitative estimate of drug-likeness (QED) is 0.351. The molecule has 3 aromatic rings. The molecule has 0 nitrogen and oxygen atoms in total. The van der Waals surface area contributed by atoms with Gasteiger partial charge in [-0.05, 0) is 28.8 Å². The minimum absolute atomic E-state index is 0.163. The molecule has 0 saturated carbocycles. The van der Waals surface area contributed by atoms with Crippen LogP contribution >= 0.6 is 0 Å². The Morgan fingerprint density at radius 2 is 1.33 bits per heavy atom. The Morgan fingerprint density at radius 3 is 1.75 bits per heavy atom. The lowest BCUT2D eigenvalue weighted by atomic mass is 9.91. The third-order valence-electron chi connectivity index (χ3n) is 3.84. The molecule has 122 valence electrons. The Balaban J connectivity index is 0.00000100. The molecule has 0 amide bonds. The van der Waals surface area contributed by atoms with Gasteiger partial charge in [0, 0.05) is 10.8 Å². The van der Waals surface area contributed by atoms with Gasteiger partial charge in [-0.1, -0.05) is 93.3 Å². The molecule has 24 heavy (non-hydrogen) atoms. The van der Waals surface area contributed by atoms with Crippen LogP contribution in [0.4, 0.5) is 4.39 Å². The molecule has 0 unspecified atom stereocenters. The number of hydrogen-bond donors (Lipinski definition) is 0. The predicted octanol–water partition coefficient (Wildman–Crippen LogP) is 7.30. The van der Waals surface area contributed by atoms with E-state index < -0.39 is 0 Å². The van der Waals surface area contributed by atoms with Crippen molar-refractivity contribution in [2.45, 2.75) is 20.8 Å². The average Bonchev–Trinajstić information content (AvgIpc) is 2.66. The van der Waals surface area contributed by atoms with E-state index in [-0.39, 0.29) is 5.82 Å². The first-order valence-corrected chi connectivity index (χ1v) is 8.32. The fraction of sp³-hybridized carbons (Fsp3) is 0.130. The summed E-state index contributed by atoms with van der Waals surface area (Å²) < 4.78 is 14.8. The summed E-state index contributed by atoms with van der Waals surface area (Å²) in [6, 6.07) is 15.2. The lowest BCUT2D eigenvalue weighted by molar-refractivity contribution is 0.651. The standard InChI is InChI=1S/C21H17F.C2H6/c1-3-5-10-15(4-2)20-16-11-6-8-13-18(16)21(22)19-14-9-7-12-17(19)20;1-2/h3-14H,2H2,1H3;1-2H3/b5-3-,15-10+;. The molecule has 0 N–H and O–H groups in total. The first-order valence-electron chi connectivity index (χ1n) is 8.32. The smallest absolute Gasteiger partial charge is 0.138 e. The van der Waals surface area contributed by atoms with Crippen LogP contribution in [0.15, 0.2) is 79.4 Å². The molecular weight excluding hydrogens is 295 g/mol. The first kappa shape index (κ1) is 17.7. The molecular formula is C23H23F. The molecule has 0 heterocycles. The molecule has 3 rings (SSSR count). The summed E-state index contributed by atoms with van der Waals surface area (Å²) in [5.41, 5.74) is 2.02. The molecule has 0 atom stereocenters. The van der Waals surface area contributed by atoms with Crippen molar-refractivity contribution >= 4 is 27.1 Å². The van der Waals surface area contributed by atoms with E-state index >= 15 is 0 Å². The summed E-state index contributed by atoms with van der Waals surface area (Å²) in [6.45, 7) is 9.90. The molecule has 0 aliphatic carbocycles. The molecule has 1 heteroatoms. The number of hydrogen-bond acceptors (Lipinski definition) is 0. The summed E-state index contributed by atoms with van der Waals surface area (Å²) in [7, 11) is 0. The average molecular weight is 318 g/mol. The Bertz CT molecular complexity index is 857. The van der Waals surface area contributed by atoms with Crippen molar-refractivity contribution in [3.8, 4) is 0 Å². The first-order chi connectivity index (χ1) is 11.8. The molecule has 0 aliphatic heterocycles. The summed E-state index contributed by atoms with van der Waals surface area (Å²) in [6.07, 6.45) is 7.78. The maximum absolute atomic E-state index is 14.8. The molecule has 0 aromatic heterocycles. The Hall–Kier alpha value is -2.67. The van der Waals surface area contributed by atoms with Crippen LogP contribution in [0.1, 0.15) is 26.3 Å². The van der Waals surface area contributed by atoms with Crippen molar-refractivity contribution in [2.75, 3.05) is 0 Å². The monoisotopic (exact) mass is 318 g/mol. The van der Waals surface area contributed by atoms with E-state index in [2.05, 4.69) is 6.58 Å². The third-order valence-corrected chi connectivity index (χ3v) is 3.84. The molecule has 3 aromatic carbocycles. The van der Waals surface area contributed by atoms with Gasteiger partial charge in [-0.3, -0.25) is 0 Å². The Morgan fingerprint density at radius 1 is 0.875 bits per heavy atom. The summed E-state index contributed by atoms with van der Waals surface area (Å²) >= 11 is 0. The minimum atomic E-state index is -0.163. The van der Waals surface area contributed by atoms with Gasteiger partial charge in [0.05, 0.1) is 0 Å². The van der Waals surface area contributed by atoms with Gasteiger partial charge in [-0.25, -0.2) is 4.39 Å². The fourth-order valence-electron chi connectivity index (χ4n) is 2.84. The van der Waals surface area contributed by atoms with E-state index in [0.29, 0.717) is 10.8 Å². The third kappa shape index (κ3) is 3.16. The fourth-order valence-corrected chi connectivity index (χ4v) is 2.84. The van der Waals surface area contributed by atoms with Crippen molar-refractivity contribution in [1.29, 1.82) is 0 Å². The SMILES string of the molecule is C=C/C(=C\C=C/C)c1c2ccccc2c(F)c2ccccc12.CC. The van der Waals surface area contributed by atoms with Crippen LogP contribution < -0.4 is 0 Å². The summed E-state index contributed by atoms with van der Waals surface area (Å²) in [4.78, 5) is 0. The van der Waals surface area contributed by atoms with Gasteiger partial charge in [0.1, 0.15) is 5.82 Å². The van der Waals surface area contributed by atoms with E-state index in [1.807, 2.05) is 93.6 Å². The van der Waals surface area contributed by atoms with Crippen molar-refractivity contribution in [3.05, 3.63) is 90.8 Å². The van der Waals surface area contributed by atoms with Crippen LogP contribution in [-0.4, -0.2) is 0 Å². The predicted molar refractivity (Wildman–Crippen MR) is 106 cm³/mol. The van der Waals surface area contributed by atoms with Crippen LogP contribution in [0, 0.1) is 5.82 Å². The van der Waals surface area contributed by atoms with Crippen LogP contribution in [-0.2, 0) is 0 Å². The molecule has 0 bridgehead atoms. The molecule has 0 fully saturated rings. The second kappa shape index (κ2) is 8.26. The number of halogens is 1. The highest BCUT2D eigenvalue weighted by molar-refractivity contribution is 6.10. The minimum Gasteiger partial charge on any atom is -0.206 e. The van der Waals surface area contributed by atoms with Crippen molar-refractivity contribution in [1.82, 2.24) is 0 Å². The number of allylic oxidation sites excluding steroid dienone is 5. The van der Waals surface area contributed by atoms with Crippen LogP contribution in [0.3, 0.4) is 0 Å². The molecule has 0 radical (unpaired) electrons. The van der Waals surface area contributed by atoms with Crippen molar-refractivity contribution in [2.24, 2.45) is 0 Å². The largest absolute Gasteiger partial charge is 0.206 e. The number of fused-ring (bicyclic) bond motifs is 2. The van der Waals surface area contributed by atoms with Gasteiger partial charge >= 0.3 is 0 Å². The number of benzene rings is 3. The highest BCUT2D eigenvalue weighted by atomic mass is 19.1. The van der Waals surface area contributed by atoms with Gasteiger partial charge in [0.15, 0.2) is 0 Å². The zero-order valence-corrected chi connectivity index (χ0v) is 14.5. The van der Waals surface area contributed by atoms with Crippen LogP contribution in [0.25, 0.3) is 27.1 Å². The van der Waals surface area contributed by atoms with Gasteiger partial charge in [0.2, 0.25) is 0 Å². The molecule has 0 saturated heterocycles. The van der Waals surface area contributed by atoms with Crippen LogP contribution in [0.5, 0.6) is 0 Å². The van der Waals surface area contributed by atoms with Gasteiger partial charge in [-0.15, -0.1) is 0 Å². The van der Waals surface area contributed by atoms with E-state index in [9.17, 15) is 4.39 Å². The zero-order valence-electron chi connectivity index (χ0n) is 14.5. The highest BCUT2D eigenvalue weighted by Gasteiger charge is 2.14. The maximum Gasteiger partial charge on any atom is 0.138 e. The summed E-state index contributed by atoms with van der Waals surface area (Å²) in [5, 5.41) is 3.11. The van der Waals surface area contributed by atoms with E-state index in [0.717, 1.165) is 21.9 Å². The van der Waals surface area contributed by atoms with Gasteiger partial charge in [-0.2, -0.15) is 0 Å². The van der Waals surface area contributed by atoms with Crippen molar-refractivity contribution in [3.63, 3.8) is 0 Å². The second-order valence-corrected chi connectivity index (χ2v) is 5.13. The highest BCUT2D eigenvalue weighted by Crippen LogP contribution is 2.36. The number of rotatable bonds is 3. The molecule has 0 spiro atoms. The topological polar surface area (TPSA) is 0 Å². The molecule has 0 aliphatic rings. The maximum atomic E-state index is 14.8. The summed E-state index contributed by atoms with van der Waals surface area (Å²) in [5.74, 6) is -0.163. The Kier molecular flexibility index (Phi) is 6.08. The van der Waals surface area contributed by atoms with E-state index in [4.69, 9.17) is 0 Å². The Labute approximate surface area is 143 Å². The van der Waals surface area contributed by atoms with Gasteiger partial charge in [0.25, 0.3) is 0 Å². The normalized spacial score (nSPS) is 11.6. The van der Waals surface area contributed by atoms with Gasteiger partial charge < -0.3 is 0 Å². The van der Waals surface area contributed by atoms with Crippen LogP contribution in [0.2, 0.25) is 0 Å². The second-order valence-electron chi connectivity index (χ2n) is 5.13. The lowest BCUT2D eigenvalue weighted by Gasteiger charge is -2.13. The van der Waals surface area contributed by atoms with E-state index in [1.54, 1.807) is 0 Å². The van der Waals surface area contributed by atoms with Crippen molar-refractivity contribution < 1.29 is 4.39 Å².